The third-order valence-electron chi connectivity index (χ3n) is 6.49. The molecule has 0 bridgehead atoms. The number of nitrogens with zero attached hydrogens (tertiary/aromatic N) is 3. The van der Waals surface area contributed by atoms with Crippen molar-refractivity contribution in [3.8, 4) is 0 Å². The number of aromatic nitrogens is 2. The lowest BCUT2D eigenvalue weighted by Crippen LogP contribution is -2.71. The number of rotatable bonds is 5. The molecule has 1 aliphatic heterocycles. The van der Waals surface area contributed by atoms with Gasteiger partial charge in [-0.2, -0.15) is 5.10 Å². The van der Waals surface area contributed by atoms with Crippen molar-refractivity contribution >= 4 is 5.96 Å². The predicted octanol–water partition coefficient (Wildman–Crippen LogP) is 2.73. The first-order chi connectivity index (χ1) is 12.8. The van der Waals surface area contributed by atoms with Gasteiger partial charge in [0.1, 0.15) is 0 Å². The van der Waals surface area contributed by atoms with Crippen molar-refractivity contribution in [1.29, 1.82) is 0 Å². The maximum Gasteiger partial charge on any atom is 0.191 e. The summed E-state index contributed by atoms with van der Waals surface area (Å²) in [5.74, 6) is 1.52. The molecule has 152 valence electrons. The molecule has 0 aromatic carbocycles. The maximum absolute atomic E-state index is 6.04. The average molecular weight is 376 g/mol. The van der Waals surface area contributed by atoms with Gasteiger partial charge in [0.05, 0.1) is 11.8 Å². The summed E-state index contributed by atoms with van der Waals surface area (Å²) in [4.78, 5) is 4.71. The molecule has 4 unspecified atom stereocenters. The number of aliphatic imine (C=N–C) groups is 1. The first kappa shape index (κ1) is 20.2. The van der Waals surface area contributed by atoms with Crippen LogP contribution in [0.3, 0.4) is 0 Å². The number of guanidine groups is 1. The predicted molar refractivity (Wildman–Crippen MR) is 110 cm³/mol. The molecular formula is C21H37N5O. The van der Waals surface area contributed by atoms with Crippen LogP contribution >= 0.6 is 0 Å². The molecule has 2 N–H and O–H groups in total. The Morgan fingerprint density at radius 1 is 1.41 bits per heavy atom. The van der Waals surface area contributed by atoms with Gasteiger partial charge in [-0.25, -0.2) is 0 Å². The summed E-state index contributed by atoms with van der Waals surface area (Å²) < 4.78 is 8.01. The Balaban J connectivity index is 1.65. The van der Waals surface area contributed by atoms with Crippen LogP contribution in [0.5, 0.6) is 0 Å². The number of fused-ring (bicyclic) bond motifs is 1. The number of ether oxygens (including phenoxy) is 1. The van der Waals surface area contributed by atoms with Crippen LogP contribution < -0.4 is 10.6 Å². The van der Waals surface area contributed by atoms with Crippen molar-refractivity contribution in [2.75, 3.05) is 13.2 Å². The molecule has 27 heavy (non-hydrogen) atoms. The van der Waals surface area contributed by atoms with Crippen LogP contribution in [-0.4, -0.2) is 47.1 Å². The number of hydrogen-bond donors (Lipinski definition) is 2. The number of hydrogen-bond acceptors (Lipinski definition) is 3. The average Bonchev–Trinajstić information content (AvgIpc) is 2.86. The minimum Gasteiger partial charge on any atom is -0.377 e. The van der Waals surface area contributed by atoms with E-state index in [4.69, 9.17) is 9.73 Å². The lowest BCUT2D eigenvalue weighted by molar-refractivity contribution is -0.188. The van der Waals surface area contributed by atoms with E-state index in [1.165, 1.54) is 24.1 Å². The third-order valence-corrected chi connectivity index (χ3v) is 6.49. The van der Waals surface area contributed by atoms with Crippen molar-refractivity contribution in [1.82, 2.24) is 20.4 Å². The van der Waals surface area contributed by atoms with Gasteiger partial charge in [-0.05, 0) is 52.5 Å². The summed E-state index contributed by atoms with van der Waals surface area (Å²) in [6, 6.07) is 0.695. The Morgan fingerprint density at radius 3 is 2.78 bits per heavy atom. The molecule has 6 heteroatoms. The van der Waals surface area contributed by atoms with Crippen LogP contribution in [0.25, 0.3) is 0 Å². The first-order valence-electron chi connectivity index (χ1n) is 10.4. The second-order valence-corrected chi connectivity index (χ2v) is 8.89. The van der Waals surface area contributed by atoms with Crippen LogP contribution in [-0.2, 0) is 18.2 Å². The van der Waals surface area contributed by atoms with E-state index in [0.717, 1.165) is 31.2 Å². The van der Waals surface area contributed by atoms with E-state index >= 15 is 0 Å². The number of nitrogens with one attached hydrogen (secondary N) is 2. The highest BCUT2D eigenvalue weighted by Crippen LogP contribution is 2.51. The van der Waals surface area contributed by atoms with E-state index in [1.54, 1.807) is 0 Å². The Labute approximate surface area is 164 Å². The first-order valence-corrected chi connectivity index (χ1v) is 10.4. The minimum atomic E-state index is 0.140. The van der Waals surface area contributed by atoms with Crippen molar-refractivity contribution in [3.05, 3.63) is 17.0 Å². The van der Waals surface area contributed by atoms with E-state index in [1.807, 2.05) is 11.7 Å². The Morgan fingerprint density at radius 2 is 2.15 bits per heavy atom. The molecule has 3 rings (SSSR count). The molecule has 6 nitrogen and oxygen atoms in total. The lowest BCUT2D eigenvalue weighted by Gasteiger charge is -2.60. The van der Waals surface area contributed by atoms with Gasteiger partial charge < -0.3 is 15.4 Å². The summed E-state index contributed by atoms with van der Waals surface area (Å²) in [5, 5.41) is 11.9. The van der Waals surface area contributed by atoms with Gasteiger partial charge in [-0.15, -0.1) is 0 Å². The minimum absolute atomic E-state index is 0.140. The van der Waals surface area contributed by atoms with Crippen LogP contribution in [0.15, 0.2) is 4.99 Å². The Hall–Kier alpha value is -1.56. The molecular weight excluding hydrogens is 338 g/mol. The van der Waals surface area contributed by atoms with E-state index in [-0.39, 0.29) is 11.5 Å². The van der Waals surface area contributed by atoms with Crippen LogP contribution in [0.1, 0.15) is 57.5 Å². The molecule has 0 spiro atoms. The molecule has 2 heterocycles. The van der Waals surface area contributed by atoms with Crippen molar-refractivity contribution < 1.29 is 4.74 Å². The largest absolute Gasteiger partial charge is 0.377 e. The molecule has 1 aromatic rings. The zero-order valence-electron chi connectivity index (χ0n) is 18.1. The fraction of sp³-hybridized carbons (Fsp3) is 0.810. The van der Waals surface area contributed by atoms with Gasteiger partial charge in [0.25, 0.3) is 0 Å². The quantitative estimate of drug-likeness (QED) is 0.614. The van der Waals surface area contributed by atoms with Gasteiger partial charge in [-0.1, -0.05) is 13.8 Å². The highest BCUT2D eigenvalue weighted by Gasteiger charge is 2.58. The molecule has 1 saturated heterocycles. The van der Waals surface area contributed by atoms with E-state index in [2.05, 4.69) is 57.3 Å². The second kappa shape index (κ2) is 7.82. The topological polar surface area (TPSA) is 63.5 Å². The van der Waals surface area contributed by atoms with Gasteiger partial charge >= 0.3 is 0 Å². The molecule has 0 amide bonds. The summed E-state index contributed by atoms with van der Waals surface area (Å²) in [6.45, 7) is 14.8. The fourth-order valence-corrected chi connectivity index (χ4v) is 4.96. The Bertz CT molecular complexity index is 693. The van der Waals surface area contributed by atoms with E-state index in [0.29, 0.717) is 18.1 Å². The normalized spacial score (nSPS) is 28.3. The SMILES string of the molecule is CCN=C(NC(C)Cc1c(C)nn(C)c1C)NC1C2CCCOC2C1(C)C. The van der Waals surface area contributed by atoms with E-state index in [9.17, 15) is 0 Å². The third kappa shape index (κ3) is 3.86. The van der Waals surface area contributed by atoms with Crippen LogP contribution in [0.2, 0.25) is 0 Å². The summed E-state index contributed by atoms with van der Waals surface area (Å²) >= 11 is 0. The Kier molecular flexibility index (Phi) is 5.84. The summed E-state index contributed by atoms with van der Waals surface area (Å²) in [5.41, 5.74) is 3.83. The molecule has 1 saturated carbocycles. The fourth-order valence-electron chi connectivity index (χ4n) is 4.96. The zero-order valence-corrected chi connectivity index (χ0v) is 18.1. The highest BCUT2D eigenvalue weighted by atomic mass is 16.5. The molecule has 0 radical (unpaired) electrons. The monoisotopic (exact) mass is 375 g/mol. The summed E-state index contributed by atoms with van der Waals surface area (Å²) in [6.07, 6.45) is 3.73. The molecule has 1 aliphatic carbocycles. The summed E-state index contributed by atoms with van der Waals surface area (Å²) in [7, 11) is 2.01. The van der Waals surface area contributed by atoms with Gasteiger partial charge in [-0.3, -0.25) is 9.67 Å². The standard InChI is InChI=1S/C21H37N5O/c1-8-22-20(23-13(2)12-17-14(3)25-26(7)15(17)4)24-18-16-10-9-11-27-19(16)21(18,5)6/h13,16,18-19H,8-12H2,1-7H3,(H2,22,23,24). The smallest absolute Gasteiger partial charge is 0.191 e. The molecule has 2 aliphatic rings. The van der Waals surface area contributed by atoms with Gasteiger partial charge in [0, 0.05) is 49.3 Å². The second-order valence-electron chi connectivity index (χ2n) is 8.89. The lowest BCUT2D eigenvalue weighted by atomic mass is 9.55. The molecule has 1 aromatic heterocycles. The molecule has 2 fully saturated rings. The van der Waals surface area contributed by atoms with E-state index < -0.39 is 0 Å². The van der Waals surface area contributed by atoms with Crippen molar-refractivity contribution in [3.63, 3.8) is 0 Å². The number of aryl methyl sites for hydroxylation is 2. The van der Waals surface area contributed by atoms with Crippen LogP contribution in [0.4, 0.5) is 0 Å². The maximum atomic E-state index is 6.04. The van der Waals surface area contributed by atoms with Gasteiger partial charge in [0.15, 0.2) is 5.96 Å². The van der Waals surface area contributed by atoms with Crippen molar-refractivity contribution in [2.45, 2.75) is 79.0 Å². The highest BCUT2D eigenvalue weighted by molar-refractivity contribution is 5.80. The van der Waals surface area contributed by atoms with Crippen LogP contribution in [0, 0.1) is 25.2 Å². The molecule has 4 atom stereocenters. The van der Waals surface area contributed by atoms with Crippen molar-refractivity contribution in [2.24, 2.45) is 23.4 Å². The van der Waals surface area contributed by atoms with Gasteiger partial charge in [0.2, 0.25) is 0 Å². The zero-order chi connectivity index (χ0) is 19.8.